The van der Waals surface area contributed by atoms with Gasteiger partial charge in [-0.15, -0.1) is 11.8 Å². The number of hydrogen-bond donors (Lipinski definition) is 2. The fourth-order valence-corrected chi connectivity index (χ4v) is 2.16. The van der Waals surface area contributed by atoms with Crippen molar-refractivity contribution in [1.29, 1.82) is 5.26 Å². The van der Waals surface area contributed by atoms with Gasteiger partial charge in [-0.1, -0.05) is 6.07 Å². The number of rotatable bonds is 4. The highest BCUT2D eigenvalue weighted by Crippen LogP contribution is 2.28. The number of benzene rings is 1. The van der Waals surface area contributed by atoms with E-state index >= 15 is 0 Å². The molecule has 0 radical (unpaired) electrons. The quantitative estimate of drug-likeness (QED) is 0.762. The van der Waals surface area contributed by atoms with Crippen LogP contribution in [-0.2, 0) is 0 Å². The normalized spacial score (nSPS) is 12.1. The number of nitriles is 1. The molecule has 0 saturated heterocycles. The SMILES string of the molecule is CC(O)c1ccc(C#N)cc1SCCO. The van der Waals surface area contributed by atoms with Crippen molar-refractivity contribution in [2.24, 2.45) is 0 Å². The van der Waals surface area contributed by atoms with Gasteiger partial charge in [-0.25, -0.2) is 0 Å². The summed E-state index contributed by atoms with van der Waals surface area (Å²) in [5.74, 6) is 0.564. The van der Waals surface area contributed by atoms with Gasteiger partial charge >= 0.3 is 0 Å². The van der Waals surface area contributed by atoms with Crippen molar-refractivity contribution in [3.63, 3.8) is 0 Å². The van der Waals surface area contributed by atoms with E-state index in [0.29, 0.717) is 11.3 Å². The van der Waals surface area contributed by atoms with Crippen molar-refractivity contribution in [2.45, 2.75) is 17.9 Å². The highest BCUT2D eigenvalue weighted by molar-refractivity contribution is 7.99. The summed E-state index contributed by atoms with van der Waals surface area (Å²) in [4.78, 5) is 0.859. The molecule has 80 valence electrons. The molecule has 0 aromatic heterocycles. The van der Waals surface area contributed by atoms with Gasteiger partial charge in [0.1, 0.15) is 0 Å². The Labute approximate surface area is 93.4 Å². The first-order valence-corrected chi connectivity index (χ1v) is 5.63. The molecule has 0 spiro atoms. The monoisotopic (exact) mass is 223 g/mol. The molecule has 3 nitrogen and oxygen atoms in total. The fraction of sp³-hybridized carbons (Fsp3) is 0.364. The van der Waals surface area contributed by atoms with Crippen LogP contribution in [0, 0.1) is 11.3 Å². The first-order valence-electron chi connectivity index (χ1n) is 4.64. The zero-order valence-electron chi connectivity index (χ0n) is 8.47. The molecule has 1 aromatic rings. The first-order chi connectivity index (χ1) is 7.19. The van der Waals surface area contributed by atoms with Crippen molar-refractivity contribution >= 4 is 11.8 Å². The number of nitrogens with zero attached hydrogens (tertiary/aromatic N) is 1. The molecule has 0 saturated carbocycles. The van der Waals surface area contributed by atoms with Crippen molar-refractivity contribution in [2.75, 3.05) is 12.4 Å². The molecule has 0 aliphatic carbocycles. The van der Waals surface area contributed by atoms with Crippen LogP contribution in [0.2, 0.25) is 0 Å². The Morgan fingerprint density at radius 3 is 2.80 bits per heavy atom. The Hall–Kier alpha value is -1.02. The maximum atomic E-state index is 9.51. The Kier molecular flexibility index (Phi) is 4.63. The largest absolute Gasteiger partial charge is 0.396 e. The molecule has 0 aliphatic heterocycles. The average molecular weight is 223 g/mol. The fourth-order valence-electron chi connectivity index (χ4n) is 1.23. The van der Waals surface area contributed by atoms with Gasteiger partial charge in [0, 0.05) is 10.6 Å². The van der Waals surface area contributed by atoms with Crippen LogP contribution in [-0.4, -0.2) is 22.6 Å². The summed E-state index contributed by atoms with van der Waals surface area (Å²) in [5.41, 5.74) is 1.37. The summed E-state index contributed by atoms with van der Waals surface area (Å²) >= 11 is 1.44. The van der Waals surface area contributed by atoms with Gasteiger partial charge in [0.25, 0.3) is 0 Å². The summed E-state index contributed by atoms with van der Waals surface area (Å²) in [6.07, 6.45) is -0.557. The topological polar surface area (TPSA) is 64.2 Å². The van der Waals surface area contributed by atoms with Crippen LogP contribution in [0.25, 0.3) is 0 Å². The first kappa shape index (κ1) is 12.1. The van der Waals surface area contributed by atoms with Crippen molar-refractivity contribution < 1.29 is 10.2 Å². The minimum atomic E-state index is -0.557. The Morgan fingerprint density at radius 1 is 1.53 bits per heavy atom. The molecule has 15 heavy (non-hydrogen) atoms. The molecular weight excluding hydrogens is 210 g/mol. The van der Waals surface area contributed by atoms with Gasteiger partial charge in [-0.2, -0.15) is 5.26 Å². The number of thioether (sulfide) groups is 1. The summed E-state index contributed by atoms with van der Waals surface area (Å²) < 4.78 is 0. The van der Waals surface area contributed by atoms with E-state index in [0.717, 1.165) is 10.5 Å². The summed E-state index contributed by atoms with van der Waals surface area (Å²) in [6, 6.07) is 7.23. The lowest BCUT2D eigenvalue weighted by molar-refractivity contribution is 0.196. The van der Waals surface area contributed by atoms with Crippen molar-refractivity contribution in [1.82, 2.24) is 0 Å². The molecule has 0 bridgehead atoms. The van der Waals surface area contributed by atoms with E-state index in [1.165, 1.54) is 11.8 Å². The lowest BCUT2D eigenvalue weighted by Crippen LogP contribution is -1.96. The minimum absolute atomic E-state index is 0.0840. The molecule has 4 heteroatoms. The maximum Gasteiger partial charge on any atom is 0.0992 e. The molecular formula is C11H13NO2S. The van der Waals surface area contributed by atoms with Gasteiger partial charge in [0.05, 0.1) is 24.3 Å². The Morgan fingerprint density at radius 2 is 2.27 bits per heavy atom. The highest BCUT2D eigenvalue weighted by atomic mass is 32.2. The zero-order chi connectivity index (χ0) is 11.3. The van der Waals surface area contributed by atoms with E-state index in [4.69, 9.17) is 10.4 Å². The molecule has 1 unspecified atom stereocenters. The van der Waals surface area contributed by atoms with E-state index in [1.807, 2.05) is 0 Å². The van der Waals surface area contributed by atoms with Crippen LogP contribution < -0.4 is 0 Å². The molecule has 0 amide bonds. The Balaban J connectivity index is 3.01. The van der Waals surface area contributed by atoms with Gasteiger partial charge in [-0.05, 0) is 24.6 Å². The Bertz CT molecular complexity index is 371. The van der Waals surface area contributed by atoms with Gasteiger partial charge in [0.15, 0.2) is 0 Å². The van der Waals surface area contributed by atoms with Crippen LogP contribution in [0.4, 0.5) is 0 Å². The third-order valence-corrected chi connectivity index (χ3v) is 2.99. The number of aliphatic hydroxyl groups excluding tert-OH is 2. The third-order valence-electron chi connectivity index (χ3n) is 1.94. The van der Waals surface area contributed by atoms with Gasteiger partial charge in [-0.3, -0.25) is 0 Å². The van der Waals surface area contributed by atoms with Gasteiger partial charge < -0.3 is 10.2 Å². The second kappa shape index (κ2) is 5.76. The van der Waals surface area contributed by atoms with E-state index in [1.54, 1.807) is 25.1 Å². The highest BCUT2D eigenvalue weighted by Gasteiger charge is 2.09. The molecule has 0 aliphatic rings. The van der Waals surface area contributed by atoms with Crippen LogP contribution in [0.1, 0.15) is 24.2 Å². The summed E-state index contributed by atoms with van der Waals surface area (Å²) in [6.45, 7) is 1.77. The second-order valence-electron chi connectivity index (χ2n) is 3.11. The van der Waals surface area contributed by atoms with E-state index < -0.39 is 6.10 Å². The van der Waals surface area contributed by atoms with Crippen molar-refractivity contribution in [3.05, 3.63) is 29.3 Å². The lowest BCUT2D eigenvalue weighted by Gasteiger charge is -2.11. The molecule has 0 heterocycles. The standard InChI is InChI=1S/C11H13NO2S/c1-8(14)10-3-2-9(7-12)6-11(10)15-5-4-13/h2-3,6,8,13-14H,4-5H2,1H3. The smallest absolute Gasteiger partial charge is 0.0992 e. The summed E-state index contributed by atoms with van der Waals surface area (Å²) in [5, 5.41) is 27.0. The van der Waals surface area contributed by atoms with E-state index in [2.05, 4.69) is 6.07 Å². The molecule has 1 atom stereocenters. The summed E-state index contributed by atoms with van der Waals surface area (Å²) in [7, 11) is 0. The molecule has 1 rings (SSSR count). The predicted molar refractivity (Wildman–Crippen MR) is 59.6 cm³/mol. The van der Waals surface area contributed by atoms with Crippen LogP contribution in [0.5, 0.6) is 0 Å². The van der Waals surface area contributed by atoms with Crippen LogP contribution in [0.15, 0.2) is 23.1 Å². The second-order valence-corrected chi connectivity index (χ2v) is 4.25. The van der Waals surface area contributed by atoms with E-state index in [-0.39, 0.29) is 6.61 Å². The average Bonchev–Trinajstić information content (AvgIpc) is 2.25. The predicted octanol–water partition coefficient (Wildman–Crippen LogP) is 1.70. The van der Waals surface area contributed by atoms with Gasteiger partial charge in [0.2, 0.25) is 0 Å². The zero-order valence-corrected chi connectivity index (χ0v) is 9.29. The minimum Gasteiger partial charge on any atom is -0.396 e. The van der Waals surface area contributed by atoms with Crippen LogP contribution in [0.3, 0.4) is 0 Å². The van der Waals surface area contributed by atoms with Crippen LogP contribution >= 0.6 is 11.8 Å². The number of hydrogen-bond acceptors (Lipinski definition) is 4. The molecule has 0 fully saturated rings. The number of aliphatic hydroxyl groups is 2. The third kappa shape index (κ3) is 3.24. The lowest BCUT2D eigenvalue weighted by atomic mass is 10.1. The maximum absolute atomic E-state index is 9.51. The van der Waals surface area contributed by atoms with E-state index in [9.17, 15) is 5.11 Å². The van der Waals surface area contributed by atoms with Crippen molar-refractivity contribution in [3.8, 4) is 6.07 Å². The molecule has 1 aromatic carbocycles. The molecule has 2 N–H and O–H groups in total.